The molecule has 2 heterocycles. The second-order valence-electron chi connectivity index (χ2n) is 7.42. The highest BCUT2D eigenvalue weighted by molar-refractivity contribution is 5.74. The first-order valence-electron chi connectivity index (χ1n) is 9.49. The van der Waals surface area contributed by atoms with E-state index in [1.807, 2.05) is 25.2 Å². The van der Waals surface area contributed by atoms with E-state index in [0.717, 1.165) is 57.4 Å². The number of aliphatic hydroxyl groups is 1. The molecule has 2 N–H and O–H groups in total. The molecule has 1 saturated carbocycles. The van der Waals surface area contributed by atoms with Crippen LogP contribution in [0.25, 0.3) is 0 Å². The number of rotatable bonds is 4. The molecule has 0 radical (unpaired) electrons. The molecule has 2 aliphatic rings. The zero-order chi connectivity index (χ0) is 17.6. The van der Waals surface area contributed by atoms with Crippen molar-refractivity contribution in [1.82, 2.24) is 15.2 Å². The summed E-state index contributed by atoms with van der Waals surface area (Å²) in [5.74, 6) is 1.18. The van der Waals surface area contributed by atoms with Crippen molar-refractivity contribution in [1.29, 1.82) is 0 Å². The maximum absolute atomic E-state index is 12.5. The van der Waals surface area contributed by atoms with Crippen molar-refractivity contribution in [3.8, 4) is 0 Å². The minimum absolute atomic E-state index is 0.0364. The Morgan fingerprint density at radius 1 is 1.32 bits per heavy atom. The molecule has 3 atom stereocenters. The standard InChI is InChI=1S/C19H30N4O2/c1-22(13-15-7-2-3-9-17(15)24)19(25)21-16-8-6-12-23(14-16)18-10-4-5-11-20-18/h4-5,10-11,15-17,24H,2-3,6-9,12-14H2,1H3,(H,21,25)/t15-,16-,17+/m0/s1. The molecule has 0 aromatic carbocycles. The van der Waals surface area contributed by atoms with Crippen molar-refractivity contribution in [2.75, 3.05) is 31.6 Å². The Balaban J connectivity index is 1.50. The minimum atomic E-state index is -0.265. The highest BCUT2D eigenvalue weighted by Gasteiger charge is 2.27. The smallest absolute Gasteiger partial charge is 0.317 e. The van der Waals surface area contributed by atoms with Gasteiger partial charge < -0.3 is 20.2 Å². The highest BCUT2D eigenvalue weighted by Crippen LogP contribution is 2.25. The topological polar surface area (TPSA) is 68.7 Å². The molecule has 0 bridgehead atoms. The van der Waals surface area contributed by atoms with E-state index < -0.39 is 0 Å². The molecule has 0 unspecified atom stereocenters. The van der Waals surface area contributed by atoms with Crippen molar-refractivity contribution in [3.05, 3.63) is 24.4 Å². The third-order valence-electron chi connectivity index (χ3n) is 5.45. The van der Waals surface area contributed by atoms with Crippen molar-refractivity contribution in [2.45, 2.75) is 50.7 Å². The van der Waals surface area contributed by atoms with E-state index in [-0.39, 0.29) is 24.1 Å². The number of anilines is 1. The number of urea groups is 1. The lowest BCUT2D eigenvalue weighted by atomic mass is 9.86. The van der Waals surface area contributed by atoms with Gasteiger partial charge in [-0.15, -0.1) is 0 Å². The Kier molecular flexibility index (Phi) is 6.13. The lowest BCUT2D eigenvalue weighted by molar-refractivity contribution is 0.0562. The second-order valence-corrected chi connectivity index (χ2v) is 7.42. The normalized spacial score (nSPS) is 27.0. The molecule has 138 valence electrons. The first-order valence-corrected chi connectivity index (χ1v) is 9.49. The molecule has 1 aliphatic carbocycles. The van der Waals surface area contributed by atoms with Crippen LogP contribution < -0.4 is 10.2 Å². The third-order valence-corrected chi connectivity index (χ3v) is 5.45. The van der Waals surface area contributed by atoms with Crippen LogP contribution in [0, 0.1) is 5.92 Å². The van der Waals surface area contributed by atoms with Crippen molar-refractivity contribution < 1.29 is 9.90 Å². The number of nitrogens with one attached hydrogen (secondary N) is 1. The molecule has 1 aliphatic heterocycles. The van der Waals surface area contributed by atoms with E-state index in [0.29, 0.717) is 6.54 Å². The van der Waals surface area contributed by atoms with Gasteiger partial charge in [0.25, 0.3) is 0 Å². The van der Waals surface area contributed by atoms with E-state index in [4.69, 9.17) is 0 Å². The molecular formula is C19H30N4O2. The molecule has 25 heavy (non-hydrogen) atoms. The number of pyridine rings is 1. The number of carbonyl (C=O) groups excluding carboxylic acids is 1. The maximum Gasteiger partial charge on any atom is 0.317 e. The quantitative estimate of drug-likeness (QED) is 0.877. The summed E-state index contributed by atoms with van der Waals surface area (Å²) in [6.07, 6.45) is 7.70. The lowest BCUT2D eigenvalue weighted by Gasteiger charge is -2.36. The van der Waals surface area contributed by atoms with E-state index >= 15 is 0 Å². The SMILES string of the molecule is CN(C[C@@H]1CCCC[C@H]1O)C(=O)N[C@H]1CCCN(c2ccccn2)C1. The number of aliphatic hydroxyl groups excluding tert-OH is 1. The van der Waals surface area contributed by atoms with Crippen molar-refractivity contribution >= 4 is 11.8 Å². The van der Waals surface area contributed by atoms with Crippen LogP contribution in [0.15, 0.2) is 24.4 Å². The van der Waals surface area contributed by atoms with E-state index in [2.05, 4.69) is 15.2 Å². The predicted octanol–water partition coefficient (Wildman–Crippen LogP) is 2.24. The fraction of sp³-hybridized carbons (Fsp3) is 0.684. The maximum atomic E-state index is 12.5. The molecule has 1 aromatic rings. The molecule has 6 nitrogen and oxygen atoms in total. The Hall–Kier alpha value is -1.82. The fourth-order valence-corrected chi connectivity index (χ4v) is 3.96. The molecule has 2 amide bonds. The molecule has 2 fully saturated rings. The summed E-state index contributed by atoms with van der Waals surface area (Å²) >= 11 is 0. The summed E-state index contributed by atoms with van der Waals surface area (Å²) in [6, 6.07) is 6.03. The summed E-state index contributed by atoms with van der Waals surface area (Å²) in [7, 11) is 1.83. The van der Waals surface area contributed by atoms with Crippen LogP contribution in [0.1, 0.15) is 38.5 Å². The summed E-state index contributed by atoms with van der Waals surface area (Å²) in [5, 5.41) is 13.3. The molecule has 6 heteroatoms. The molecule has 3 rings (SSSR count). The van der Waals surface area contributed by atoms with Crippen LogP contribution >= 0.6 is 0 Å². The number of piperidine rings is 1. The number of carbonyl (C=O) groups is 1. The van der Waals surface area contributed by atoms with Crippen LogP contribution in [0.2, 0.25) is 0 Å². The van der Waals surface area contributed by atoms with Crippen LogP contribution in [-0.4, -0.2) is 59.8 Å². The average molecular weight is 346 g/mol. The molecule has 0 spiro atoms. The summed E-state index contributed by atoms with van der Waals surface area (Å²) < 4.78 is 0. The summed E-state index contributed by atoms with van der Waals surface area (Å²) in [6.45, 7) is 2.40. The first-order chi connectivity index (χ1) is 12.1. The van der Waals surface area contributed by atoms with Crippen molar-refractivity contribution in [3.63, 3.8) is 0 Å². The van der Waals surface area contributed by atoms with Crippen LogP contribution in [-0.2, 0) is 0 Å². The van der Waals surface area contributed by atoms with Gasteiger partial charge in [0.2, 0.25) is 0 Å². The Bertz CT molecular complexity index is 554. The Morgan fingerprint density at radius 3 is 2.92 bits per heavy atom. The highest BCUT2D eigenvalue weighted by atomic mass is 16.3. The van der Waals surface area contributed by atoms with Gasteiger partial charge in [0, 0.05) is 44.8 Å². The van der Waals surface area contributed by atoms with Crippen LogP contribution in [0.3, 0.4) is 0 Å². The first kappa shape index (κ1) is 18.0. The van der Waals surface area contributed by atoms with Crippen LogP contribution in [0.4, 0.5) is 10.6 Å². The number of aromatic nitrogens is 1. The van der Waals surface area contributed by atoms with Gasteiger partial charge in [-0.2, -0.15) is 0 Å². The van der Waals surface area contributed by atoms with Gasteiger partial charge in [0.05, 0.1) is 6.10 Å². The van der Waals surface area contributed by atoms with Gasteiger partial charge in [0.1, 0.15) is 5.82 Å². The predicted molar refractivity (Wildman–Crippen MR) is 98.6 cm³/mol. The van der Waals surface area contributed by atoms with E-state index in [1.165, 1.54) is 0 Å². The van der Waals surface area contributed by atoms with Gasteiger partial charge in [-0.05, 0) is 37.8 Å². The van der Waals surface area contributed by atoms with Crippen LogP contribution in [0.5, 0.6) is 0 Å². The van der Waals surface area contributed by atoms with Gasteiger partial charge in [-0.3, -0.25) is 0 Å². The minimum Gasteiger partial charge on any atom is -0.393 e. The number of amides is 2. The van der Waals surface area contributed by atoms with E-state index in [9.17, 15) is 9.90 Å². The average Bonchev–Trinajstić information content (AvgIpc) is 2.64. The fourth-order valence-electron chi connectivity index (χ4n) is 3.96. The summed E-state index contributed by atoms with van der Waals surface area (Å²) in [5.41, 5.74) is 0. The zero-order valence-corrected chi connectivity index (χ0v) is 15.1. The zero-order valence-electron chi connectivity index (χ0n) is 15.1. The van der Waals surface area contributed by atoms with Gasteiger partial charge in [0.15, 0.2) is 0 Å². The Morgan fingerprint density at radius 2 is 2.16 bits per heavy atom. The monoisotopic (exact) mass is 346 g/mol. The largest absolute Gasteiger partial charge is 0.393 e. The lowest BCUT2D eigenvalue weighted by Crippen LogP contribution is -2.52. The van der Waals surface area contributed by atoms with Crippen molar-refractivity contribution in [2.24, 2.45) is 5.92 Å². The summed E-state index contributed by atoms with van der Waals surface area (Å²) in [4.78, 5) is 20.9. The van der Waals surface area contributed by atoms with Gasteiger partial charge in [-0.25, -0.2) is 9.78 Å². The second kappa shape index (κ2) is 8.52. The molecule has 1 saturated heterocycles. The number of hydrogen-bond acceptors (Lipinski definition) is 4. The Labute approximate surface area is 150 Å². The number of nitrogens with zero attached hydrogens (tertiary/aromatic N) is 3. The number of hydrogen-bond donors (Lipinski definition) is 2. The van der Waals surface area contributed by atoms with Gasteiger partial charge in [-0.1, -0.05) is 18.9 Å². The van der Waals surface area contributed by atoms with Gasteiger partial charge >= 0.3 is 6.03 Å². The molecular weight excluding hydrogens is 316 g/mol. The van der Waals surface area contributed by atoms with E-state index in [1.54, 1.807) is 11.1 Å². The third kappa shape index (κ3) is 4.84. The molecule has 1 aromatic heterocycles.